The molecule has 2 amide bonds. The molecule has 0 spiro atoms. The summed E-state index contributed by atoms with van der Waals surface area (Å²) in [6, 6.07) is 14.0. The van der Waals surface area contributed by atoms with Crippen LogP contribution in [-0.2, 0) is 0 Å². The summed E-state index contributed by atoms with van der Waals surface area (Å²) < 4.78 is 12.0. The van der Waals surface area contributed by atoms with Gasteiger partial charge in [-0.3, -0.25) is 0 Å². The van der Waals surface area contributed by atoms with Gasteiger partial charge in [0.1, 0.15) is 25.2 Å². The zero-order valence-electron chi connectivity index (χ0n) is 18.6. The number of benzene rings is 2. The molecule has 2 radical (unpaired) electrons. The molecule has 9 nitrogen and oxygen atoms in total. The standard InChI is InChI=1S/C23H22BClN6O3/c1-33-15-9-14(10-16(11-15)34-2)29-23(32)27-8-7-26-21-12-20(17-5-3-4-6-19(17)25)30-22-18(24)13-28-31(21)22/h3-6,9-13,26H,7-8H2,1-2H3,(H2,27,29,32). The van der Waals surface area contributed by atoms with E-state index in [0.29, 0.717) is 57.9 Å². The number of methoxy groups -OCH3 is 2. The lowest BCUT2D eigenvalue weighted by Crippen LogP contribution is -2.32. The molecule has 0 atom stereocenters. The Balaban J connectivity index is 1.42. The number of carbonyl (C=O) groups excluding carboxylic acids is 1. The SMILES string of the molecule is [B]c1cnn2c(NCCNC(=O)Nc3cc(OC)cc(OC)c3)cc(-c3ccccc3Cl)nc12. The van der Waals surface area contributed by atoms with Crippen molar-refractivity contribution in [1.82, 2.24) is 19.9 Å². The van der Waals surface area contributed by atoms with Crippen molar-refractivity contribution in [3.63, 3.8) is 0 Å². The Bertz CT molecular complexity index is 1310. The monoisotopic (exact) mass is 476 g/mol. The first-order valence-electron chi connectivity index (χ1n) is 10.4. The first-order valence-corrected chi connectivity index (χ1v) is 10.8. The summed E-state index contributed by atoms with van der Waals surface area (Å²) >= 11 is 6.36. The summed E-state index contributed by atoms with van der Waals surface area (Å²) in [5.41, 5.74) is 2.95. The number of carbonyl (C=O) groups is 1. The molecule has 0 aliphatic rings. The third kappa shape index (κ3) is 5.18. The van der Waals surface area contributed by atoms with Crippen LogP contribution in [0.5, 0.6) is 11.5 Å². The topological polar surface area (TPSA) is 102 Å². The van der Waals surface area contributed by atoms with Gasteiger partial charge in [-0.1, -0.05) is 29.8 Å². The van der Waals surface area contributed by atoms with E-state index in [9.17, 15) is 4.79 Å². The predicted molar refractivity (Wildman–Crippen MR) is 134 cm³/mol. The molecule has 2 aromatic heterocycles. The molecule has 0 saturated heterocycles. The molecular formula is C23H22BClN6O3. The molecule has 4 aromatic rings. The van der Waals surface area contributed by atoms with Gasteiger partial charge in [0.15, 0.2) is 5.65 Å². The maximum absolute atomic E-state index is 12.3. The van der Waals surface area contributed by atoms with Crippen molar-refractivity contribution in [1.29, 1.82) is 0 Å². The van der Waals surface area contributed by atoms with Crippen LogP contribution in [0.4, 0.5) is 16.3 Å². The molecular weight excluding hydrogens is 455 g/mol. The maximum Gasteiger partial charge on any atom is 0.319 e. The minimum atomic E-state index is -0.364. The van der Waals surface area contributed by atoms with E-state index in [0.717, 1.165) is 5.56 Å². The normalized spacial score (nSPS) is 10.7. The third-order valence-corrected chi connectivity index (χ3v) is 5.30. The van der Waals surface area contributed by atoms with Crippen LogP contribution >= 0.6 is 11.6 Å². The number of hydrogen-bond acceptors (Lipinski definition) is 6. The number of fused-ring (bicyclic) bond motifs is 1. The first-order chi connectivity index (χ1) is 16.5. The molecule has 0 bridgehead atoms. The van der Waals surface area contributed by atoms with Crippen LogP contribution in [0.15, 0.2) is 54.7 Å². The van der Waals surface area contributed by atoms with E-state index in [4.69, 9.17) is 28.9 Å². The van der Waals surface area contributed by atoms with E-state index in [2.05, 4.69) is 26.0 Å². The molecule has 0 aliphatic heterocycles. The van der Waals surface area contributed by atoms with Crippen molar-refractivity contribution in [2.24, 2.45) is 0 Å². The third-order valence-electron chi connectivity index (χ3n) is 4.97. The number of ether oxygens (including phenoxy) is 2. The molecule has 172 valence electrons. The van der Waals surface area contributed by atoms with Crippen LogP contribution in [0.1, 0.15) is 0 Å². The van der Waals surface area contributed by atoms with Gasteiger partial charge in [0.05, 0.1) is 19.9 Å². The van der Waals surface area contributed by atoms with Crippen molar-refractivity contribution < 1.29 is 14.3 Å². The minimum absolute atomic E-state index is 0.342. The Labute approximate surface area is 202 Å². The number of amides is 2. The quantitative estimate of drug-likeness (QED) is 0.267. The summed E-state index contributed by atoms with van der Waals surface area (Å²) in [5, 5.41) is 13.7. The van der Waals surface area contributed by atoms with Gasteiger partial charge < -0.3 is 25.4 Å². The number of nitrogens with zero attached hydrogens (tertiary/aromatic N) is 3. The average Bonchev–Trinajstić information content (AvgIpc) is 3.22. The molecule has 3 N–H and O–H groups in total. The average molecular weight is 477 g/mol. The molecule has 0 aliphatic carbocycles. The number of halogens is 1. The fourth-order valence-electron chi connectivity index (χ4n) is 3.33. The van der Waals surface area contributed by atoms with Gasteiger partial charge in [-0.2, -0.15) is 9.61 Å². The molecule has 0 fully saturated rings. The minimum Gasteiger partial charge on any atom is -0.497 e. The molecule has 4 rings (SSSR count). The van der Waals surface area contributed by atoms with Crippen molar-refractivity contribution in [2.45, 2.75) is 0 Å². The van der Waals surface area contributed by atoms with Crippen molar-refractivity contribution in [3.05, 3.63) is 59.8 Å². The van der Waals surface area contributed by atoms with Crippen molar-refractivity contribution in [2.75, 3.05) is 37.9 Å². The second-order valence-electron chi connectivity index (χ2n) is 7.25. The lowest BCUT2D eigenvalue weighted by molar-refractivity contribution is 0.252. The van der Waals surface area contributed by atoms with Crippen molar-refractivity contribution >= 4 is 48.1 Å². The van der Waals surface area contributed by atoms with E-state index >= 15 is 0 Å². The van der Waals surface area contributed by atoms with Gasteiger partial charge in [-0.25, -0.2) is 9.78 Å². The second kappa shape index (κ2) is 10.3. The number of anilines is 2. The van der Waals surface area contributed by atoms with Gasteiger partial charge >= 0.3 is 6.03 Å². The van der Waals surface area contributed by atoms with Gasteiger partial charge in [-0.15, -0.1) is 0 Å². The van der Waals surface area contributed by atoms with Crippen LogP contribution in [0.2, 0.25) is 5.02 Å². The van der Waals surface area contributed by atoms with E-state index in [1.165, 1.54) is 6.20 Å². The highest BCUT2D eigenvalue weighted by Crippen LogP contribution is 2.28. The molecule has 0 saturated carbocycles. The summed E-state index contributed by atoms with van der Waals surface area (Å²) in [5.74, 6) is 1.81. The summed E-state index contributed by atoms with van der Waals surface area (Å²) in [6.07, 6.45) is 1.54. The Morgan fingerprint density at radius 1 is 1.09 bits per heavy atom. The maximum atomic E-state index is 12.3. The number of urea groups is 1. The van der Waals surface area contributed by atoms with Crippen LogP contribution < -0.4 is 30.9 Å². The van der Waals surface area contributed by atoms with Crippen molar-refractivity contribution in [3.8, 4) is 22.8 Å². The summed E-state index contributed by atoms with van der Waals surface area (Å²) in [7, 11) is 9.14. The summed E-state index contributed by atoms with van der Waals surface area (Å²) in [6.45, 7) is 0.768. The van der Waals surface area contributed by atoms with Crippen LogP contribution in [0, 0.1) is 0 Å². The fourth-order valence-corrected chi connectivity index (χ4v) is 3.57. The highest BCUT2D eigenvalue weighted by molar-refractivity contribution is 6.36. The highest BCUT2D eigenvalue weighted by atomic mass is 35.5. The molecule has 11 heteroatoms. The van der Waals surface area contributed by atoms with Gasteiger partial charge in [0.25, 0.3) is 0 Å². The number of hydrogen-bond donors (Lipinski definition) is 3. The number of aromatic nitrogens is 3. The Kier molecular flexibility index (Phi) is 7.08. The van der Waals surface area contributed by atoms with E-state index in [1.54, 1.807) is 43.0 Å². The predicted octanol–water partition coefficient (Wildman–Crippen LogP) is 3.09. The first kappa shape index (κ1) is 23.3. The lowest BCUT2D eigenvalue weighted by atomic mass is 10.0. The second-order valence-corrected chi connectivity index (χ2v) is 7.66. The molecule has 2 aromatic carbocycles. The smallest absolute Gasteiger partial charge is 0.319 e. The van der Waals surface area contributed by atoms with E-state index in [1.807, 2.05) is 24.3 Å². The molecule has 34 heavy (non-hydrogen) atoms. The lowest BCUT2D eigenvalue weighted by Gasteiger charge is -2.13. The van der Waals surface area contributed by atoms with E-state index in [-0.39, 0.29) is 6.03 Å². The zero-order chi connectivity index (χ0) is 24.1. The fraction of sp³-hybridized carbons (Fsp3) is 0.174. The van der Waals surface area contributed by atoms with Crippen LogP contribution in [-0.4, -0.2) is 55.8 Å². The van der Waals surface area contributed by atoms with Gasteiger partial charge in [0.2, 0.25) is 0 Å². The Hall–Kier alpha value is -3.92. The number of nitrogens with one attached hydrogen (secondary N) is 3. The van der Waals surface area contributed by atoms with E-state index < -0.39 is 0 Å². The summed E-state index contributed by atoms with van der Waals surface area (Å²) in [4.78, 5) is 16.9. The number of rotatable bonds is 8. The van der Waals surface area contributed by atoms with Gasteiger partial charge in [0, 0.05) is 59.8 Å². The zero-order valence-corrected chi connectivity index (χ0v) is 19.4. The van der Waals surface area contributed by atoms with Crippen LogP contribution in [0.25, 0.3) is 16.9 Å². The molecule has 2 heterocycles. The van der Waals surface area contributed by atoms with Gasteiger partial charge in [-0.05, 0) is 11.5 Å². The molecule has 0 unspecified atom stereocenters. The Morgan fingerprint density at radius 3 is 2.53 bits per heavy atom. The highest BCUT2D eigenvalue weighted by Gasteiger charge is 2.12. The van der Waals surface area contributed by atoms with Crippen LogP contribution in [0.3, 0.4) is 0 Å². The largest absolute Gasteiger partial charge is 0.497 e. The Morgan fingerprint density at radius 2 is 1.82 bits per heavy atom.